The first kappa shape index (κ1) is 13.2. The van der Waals surface area contributed by atoms with E-state index < -0.39 is 0 Å². The number of halogens is 1. The van der Waals surface area contributed by atoms with Gasteiger partial charge in [0.15, 0.2) is 0 Å². The first-order valence-electron chi connectivity index (χ1n) is 5.69. The van der Waals surface area contributed by atoms with Crippen LogP contribution >= 0.6 is 15.9 Å². The molecule has 1 aromatic rings. The molecule has 0 aliphatic rings. The second-order valence-electron chi connectivity index (χ2n) is 3.99. The Balaban J connectivity index is 2.49. The minimum absolute atomic E-state index is 0.0954. The molecule has 1 amide bonds. The highest BCUT2D eigenvalue weighted by Crippen LogP contribution is 2.23. The number of aryl methyl sites for hydroxylation is 1. The number of benzene rings is 1. The van der Waals surface area contributed by atoms with Crippen molar-refractivity contribution >= 4 is 27.5 Å². The van der Waals surface area contributed by atoms with E-state index in [9.17, 15) is 4.79 Å². The van der Waals surface area contributed by atoms with Gasteiger partial charge in [0.25, 0.3) is 0 Å². The van der Waals surface area contributed by atoms with Crippen LogP contribution in [-0.4, -0.2) is 5.91 Å². The van der Waals surface area contributed by atoms with E-state index in [4.69, 9.17) is 0 Å². The Bertz CT molecular complexity index is 363. The third kappa shape index (κ3) is 4.35. The Labute approximate surface area is 106 Å². The van der Waals surface area contributed by atoms with Crippen molar-refractivity contribution in [2.75, 3.05) is 5.32 Å². The average molecular weight is 284 g/mol. The van der Waals surface area contributed by atoms with Crippen molar-refractivity contribution in [1.82, 2.24) is 0 Å². The Morgan fingerprint density at radius 3 is 2.75 bits per heavy atom. The lowest BCUT2D eigenvalue weighted by atomic mass is 10.2. The normalized spacial score (nSPS) is 10.2. The van der Waals surface area contributed by atoms with Crippen LogP contribution in [0.5, 0.6) is 0 Å². The maximum Gasteiger partial charge on any atom is 0.224 e. The Hall–Kier alpha value is -0.830. The second-order valence-corrected chi connectivity index (χ2v) is 4.84. The summed E-state index contributed by atoms with van der Waals surface area (Å²) in [6.07, 6.45) is 3.82. The molecule has 0 bridgehead atoms. The number of nitrogens with one attached hydrogen (secondary N) is 1. The molecule has 0 saturated heterocycles. The summed E-state index contributed by atoms with van der Waals surface area (Å²) in [5.74, 6) is 0.0954. The summed E-state index contributed by atoms with van der Waals surface area (Å²) in [7, 11) is 0. The molecular formula is C13H18BrNO. The van der Waals surface area contributed by atoms with Crippen LogP contribution in [0.25, 0.3) is 0 Å². The predicted molar refractivity (Wildman–Crippen MR) is 71.7 cm³/mol. The van der Waals surface area contributed by atoms with Crippen molar-refractivity contribution in [3.05, 3.63) is 28.2 Å². The Morgan fingerprint density at radius 2 is 2.12 bits per heavy atom. The summed E-state index contributed by atoms with van der Waals surface area (Å²) in [4.78, 5) is 11.6. The fourth-order valence-electron chi connectivity index (χ4n) is 1.47. The Kier molecular flexibility index (Phi) is 5.53. The molecule has 3 heteroatoms. The molecule has 88 valence electrons. The molecule has 0 saturated carbocycles. The molecule has 0 heterocycles. The molecule has 0 atom stereocenters. The van der Waals surface area contributed by atoms with Gasteiger partial charge < -0.3 is 5.32 Å². The lowest BCUT2D eigenvalue weighted by molar-refractivity contribution is -0.116. The maximum atomic E-state index is 11.6. The van der Waals surface area contributed by atoms with Gasteiger partial charge in [-0.1, -0.05) is 25.8 Å². The van der Waals surface area contributed by atoms with E-state index in [-0.39, 0.29) is 5.91 Å². The minimum atomic E-state index is 0.0954. The van der Waals surface area contributed by atoms with E-state index in [1.807, 2.05) is 25.1 Å². The van der Waals surface area contributed by atoms with Gasteiger partial charge in [0, 0.05) is 10.9 Å². The highest BCUT2D eigenvalue weighted by atomic mass is 79.9. The molecule has 0 fully saturated rings. The topological polar surface area (TPSA) is 29.1 Å². The van der Waals surface area contributed by atoms with Crippen molar-refractivity contribution in [3.8, 4) is 0 Å². The zero-order valence-corrected chi connectivity index (χ0v) is 11.4. The van der Waals surface area contributed by atoms with Crippen LogP contribution in [0.4, 0.5) is 5.69 Å². The molecule has 0 aliphatic carbocycles. The van der Waals surface area contributed by atoms with Crippen LogP contribution in [0, 0.1) is 6.92 Å². The molecule has 1 N–H and O–H groups in total. The van der Waals surface area contributed by atoms with Gasteiger partial charge in [-0.3, -0.25) is 4.79 Å². The summed E-state index contributed by atoms with van der Waals surface area (Å²) >= 11 is 3.44. The highest BCUT2D eigenvalue weighted by Gasteiger charge is 2.04. The van der Waals surface area contributed by atoms with Crippen molar-refractivity contribution < 1.29 is 4.79 Å². The van der Waals surface area contributed by atoms with E-state index in [1.54, 1.807) is 0 Å². The van der Waals surface area contributed by atoms with E-state index in [0.29, 0.717) is 6.42 Å². The van der Waals surface area contributed by atoms with Gasteiger partial charge in [0.1, 0.15) is 0 Å². The number of hydrogen-bond acceptors (Lipinski definition) is 1. The van der Waals surface area contributed by atoms with E-state index in [1.165, 1.54) is 5.56 Å². The van der Waals surface area contributed by atoms with Crippen LogP contribution in [0.15, 0.2) is 22.7 Å². The van der Waals surface area contributed by atoms with Gasteiger partial charge in [0.05, 0.1) is 5.69 Å². The third-order valence-corrected chi connectivity index (χ3v) is 3.06. The standard InChI is InChI=1S/C13H18BrNO/c1-3-4-5-6-13(16)15-12-8-7-10(2)9-11(12)14/h7-9H,3-6H2,1-2H3,(H,15,16). The summed E-state index contributed by atoms with van der Waals surface area (Å²) in [5.41, 5.74) is 2.03. The molecule has 0 radical (unpaired) electrons. The quantitative estimate of drug-likeness (QED) is 0.803. The van der Waals surface area contributed by atoms with Gasteiger partial charge in [0.2, 0.25) is 5.91 Å². The zero-order valence-electron chi connectivity index (χ0n) is 9.85. The fraction of sp³-hybridized carbons (Fsp3) is 0.462. The minimum Gasteiger partial charge on any atom is -0.325 e. The summed E-state index contributed by atoms with van der Waals surface area (Å²) in [5, 5.41) is 2.91. The highest BCUT2D eigenvalue weighted by molar-refractivity contribution is 9.10. The lowest BCUT2D eigenvalue weighted by Gasteiger charge is -2.07. The van der Waals surface area contributed by atoms with Crippen molar-refractivity contribution in [1.29, 1.82) is 0 Å². The monoisotopic (exact) mass is 283 g/mol. The van der Waals surface area contributed by atoms with Crippen LogP contribution in [-0.2, 0) is 4.79 Å². The summed E-state index contributed by atoms with van der Waals surface area (Å²) in [6, 6.07) is 5.92. The van der Waals surface area contributed by atoms with Gasteiger partial charge in [-0.25, -0.2) is 0 Å². The predicted octanol–water partition coefficient (Wildman–Crippen LogP) is 4.28. The smallest absolute Gasteiger partial charge is 0.224 e. The fourth-order valence-corrected chi connectivity index (χ4v) is 2.06. The van der Waals surface area contributed by atoms with Gasteiger partial charge >= 0.3 is 0 Å². The molecule has 1 aromatic carbocycles. The second kappa shape index (κ2) is 6.69. The molecule has 0 aliphatic heterocycles. The largest absolute Gasteiger partial charge is 0.325 e. The number of hydrogen-bond donors (Lipinski definition) is 1. The van der Waals surface area contributed by atoms with Crippen LogP contribution in [0.1, 0.15) is 38.2 Å². The van der Waals surface area contributed by atoms with Gasteiger partial charge in [-0.05, 0) is 47.0 Å². The van der Waals surface area contributed by atoms with Crippen LogP contribution in [0.2, 0.25) is 0 Å². The van der Waals surface area contributed by atoms with Crippen molar-refractivity contribution in [2.24, 2.45) is 0 Å². The van der Waals surface area contributed by atoms with Crippen LogP contribution < -0.4 is 5.32 Å². The van der Waals surface area contributed by atoms with E-state index in [2.05, 4.69) is 28.2 Å². The molecule has 2 nitrogen and oxygen atoms in total. The molecule has 0 aromatic heterocycles. The van der Waals surface area contributed by atoms with Gasteiger partial charge in [-0.15, -0.1) is 0 Å². The van der Waals surface area contributed by atoms with Crippen molar-refractivity contribution in [2.45, 2.75) is 39.5 Å². The van der Waals surface area contributed by atoms with Gasteiger partial charge in [-0.2, -0.15) is 0 Å². The maximum absolute atomic E-state index is 11.6. The van der Waals surface area contributed by atoms with E-state index >= 15 is 0 Å². The molecule has 16 heavy (non-hydrogen) atoms. The third-order valence-electron chi connectivity index (χ3n) is 2.41. The first-order valence-corrected chi connectivity index (χ1v) is 6.48. The van der Waals surface area contributed by atoms with E-state index in [0.717, 1.165) is 29.4 Å². The number of unbranched alkanes of at least 4 members (excludes halogenated alkanes) is 2. The molecule has 0 unspecified atom stereocenters. The van der Waals surface area contributed by atoms with Crippen molar-refractivity contribution in [3.63, 3.8) is 0 Å². The number of rotatable bonds is 5. The number of amides is 1. The zero-order chi connectivity index (χ0) is 12.0. The SMILES string of the molecule is CCCCCC(=O)Nc1ccc(C)cc1Br. The molecule has 0 spiro atoms. The average Bonchev–Trinajstić information content (AvgIpc) is 2.23. The first-order chi connectivity index (χ1) is 7.63. The molecule has 1 rings (SSSR count). The Morgan fingerprint density at radius 1 is 1.38 bits per heavy atom. The number of carbonyl (C=O) groups excluding carboxylic acids is 1. The van der Waals surface area contributed by atoms with Crippen LogP contribution in [0.3, 0.4) is 0 Å². The summed E-state index contributed by atoms with van der Waals surface area (Å²) in [6.45, 7) is 4.16. The number of anilines is 1. The lowest BCUT2D eigenvalue weighted by Crippen LogP contribution is -2.11. The molecular weight excluding hydrogens is 266 g/mol. The summed E-state index contributed by atoms with van der Waals surface area (Å²) < 4.78 is 0.941. The number of carbonyl (C=O) groups is 1.